The quantitative estimate of drug-likeness (QED) is 0.864. The smallest absolute Gasteiger partial charge is 0.240 e. The molecule has 1 N–H and O–H groups in total. The van der Waals surface area contributed by atoms with E-state index in [4.69, 9.17) is 0 Å². The maximum absolute atomic E-state index is 12.3. The Balaban J connectivity index is 2.21. The molecule has 0 fully saturated rings. The van der Waals surface area contributed by atoms with Crippen LogP contribution in [0.1, 0.15) is 28.4 Å². The summed E-state index contributed by atoms with van der Waals surface area (Å²) < 4.78 is 27.1. The fraction of sp³-hybridized carbons (Fsp3) is 0.188. The molecule has 0 amide bonds. The molecule has 110 valence electrons. The van der Waals surface area contributed by atoms with Gasteiger partial charge >= 0.3 is 0 Å². The van der Waals surface area contributed by atoms with Gasteiger partial charge in [0, 0.05) is 12.1 Å². The van der Waals surface area contributed by atoms with Gasteiger partial charge in [0.1, 0.15) is 0 Å². The van der Waals surface area contributed by atoms with Crippen molar-refractivity contribution >= 4 is 15.8 Å². The van der Waals surface area contributed by atoms with Crippen LogP contribution in [0.4, 0.5) is 0 Å². The Hall–Kier alpha value is -1.98. The molecule has 2 aromatic rings. The molecule has 4 nitrogen and oxygen atoms in total. The van der Waals surface area contributed by atoms with Gasteiger partial charge in [0.2, 0.25) is 10.0 Å². The monoisotopic (exact) mass is 303 g/mol. The first-order valence-electron chi connectivity index (χ1n) is 6.55. The molecule has 2 rings (SSSR count). The third-order valence-corrected chi connectivity index (χ3v) is 4.66. The molecular weight excluding hydrogens is 286 g/mol. The first kappa shape index (κ1) is 15.4. The van der Waals surface area contributed by atoms with Crippen molar-refractivity contribution in [3.63, 3.8) is 0 Å². The summed E-state index contributed by atoms with van der Waals surface area (Å²) in [6.45, 7) is 3.56. The number of benzene rings is 2. The first-order chi connectivity index (χ1) is 9.90. The van der Waals surface area contributed by atoms with E-state index < -0.39 is 10.0 Å². The number of aryl methyl sites for hydroxylation is 1. The minimum absolute atomic E-state index is 0.101. The Morgan fingerprint density at radius 1 is 1.10 bits per heavy atom. The summed E-state index contributed by atoms with van der Waals surface area (Å²) in [5.74, 6) is -0.161. The number of hydrogen-bond donors (Lipinski definition) is 1. The van der Waals surface area contributed by atoms with Crippen LogP contribution in [-0.2, 0) is 16.6 Å². The van der Waals surface area contributed by atoms with Crippen LogP contribution >= 0.6 is 0 Å². The fourth-order valence-corrected chi connectivity index (χ4v) is 3.00. The molecule has 21 heavy (non-hydrogen) atoms. The minimum atomic E-state index is -3.63. The Kier molecular flexibility index (Phi) is 4.55. The SMILES string of the molecule is CC(=O)c1cccc(S(=O)(=O)NCc2ccccc2C)c1. The molecule has 0 aliphatic carbocycles. The number of hydrogen-bond acceptors (Lipinski definition) is 3. The molecule has 0 atom stereocenters. The first-order valence-corrected chi connectivity index (χ1v) is 8.03. The standard InChI is InChI=1S/C16H17NO3S/c1-12-6-3-4-7-15(12)11-17-21(19,20)16-9-5-8-14(10-16)13(2)18/h3-10,17H,11H2,1-2H3. The third-order valence-electron chi connectivity index (χ3n) is 3.26. The fourth-order valence-electron chi connectivity index (χ4n) is 1.95. The maximum Gasteiger partial charge on any atom is 0.240 e. The molecule has 0 spiro atoms. The maximum atomic E-state index is 12.3. The van der Waals surface area contributed by atoms with E-state index in [1.807, 2.05) is 31.2 Å². The van der Waals surface area contributed by atoms with Gasteiger partial charge in [0.15, 0.2) is 5.78 Å². The van der Waals surface area contributed by atoms with Gasteiger partial charge in [-0.2, -0.15) is 0 Å². The number of carbonyl (C=O) groups is 1. The second-order valence-corrected chi connectivity index (χ2v) is 6.60. The van der Waals surface area contributed by atoms with Crippen LogP contribution in [0.5, 0.6) is 0 Å². The lowest BCUT2D eigenvalue weighted by molar-refractivity contribution is 0.101. The summed E-state index contributed by atoms with van der Waals surface area (Å²) in [5.41, 5.74) is 2.33. The van der Waals surface area contributed by atoms with Gasteiger partial charge in [0.25, 0.3) is 0 Å². The van der Waals surface area contributed by atoms with Crippen molar-refractivity contribution < 1.29 is 13.2 Å². The summed E-state index contributed by atoms with van der Waals surface area (Å²) in [4.78, 5) is 11.4. The Morgan fingerprint density at radius 3 is 2.48 bits per heavy atom. The van der Waals surface area contributed by atoms with Crippen molar-refractivity contribution in [3.8, 4) is 0 Å². The summed E-state index contributed by atoms with van der Waals surface area (Å²) in [6.07, 6.45) is 0. The van der Waals surface area contributed by atoms with Crippen LogP contribution in [0.3, 0.4) is 0 Å². The van der Waals surface area contributed by atoms with E-state index in [9.17, 15) is 13.2 Å². The number of rotatable bonds is 5. The molecule has 0 aliphatic heterocycles. The van der Waals surface area contributed by atoms with Gasteiger partial charge in [0.05, 0.1) is 4.90 Å². The van der Waals surface area contributed by atoms with Crippen LogP contribution in [0, 0.1) is 6.92 Å². The van der Waals surface area contributed by atoms with Gasteiger partial charge in [-0.1, -0.05) is 36.4 Å². The predicted octanol–water partition coefficient (Wildman–Crippen LogP) is 2.68. The zero-order valence-corrected chi connectivity index (χ0v) is 12.8. The van der Waals surface area contributed by atoms with Gasteiger partial charge in [-0.3, -0.25) is 4.79 Å². The lowest BCUT2D eigenvalue weighted by Crippen LogP contribution is -2.23. The summed E-state index contributed by atoms with van der Waals surface area (Å²) >= 11 is 0. The zero-order valence-electron chi connectivity index (χ0n) is 12.0. The highest BCUT2D eigenvalue weighted by molar-refractivity contribution is 7.89. The average molecular weight is 303 g/mol. The molecule has 0 saturated heterocycles. The van der Waals surface area contributed by atoms with E-state index in [0.29, 0.717) is 5.56 Å². The largest absolute Gasteiger partial charge is 0.295 e. The summed E-state index contributed by atoms with van der Waals surface area (Å²) in [5, 5.41) is 0. The van der Waals surface area contributed by atoms with Crippen LogP contribution in [0.15, 0.2) is 53.4 Å². The van der Waals surface area contributed by atoms with Crippen molar-refractivity contribution in [2.75, 3.05) is 0 Å². The van der Waals surface area contributed by atoms with E-state index in [-0.39, 0.29) is 17.2 Å². The minimum Gasteiger partial charge on any atom is -0.295 e. The summed E-state index contributed by atoms with van der Waals surface area (Å²) in [6, 6.07) is 13.6. The van der Waals surface area contributed by atoms with Crippen LogP contribution in [0.25, 0.3) is 0 Å². The van der Waals surface area contributed by atoms with Crippen molar-refractivity contribution in [1.29, 1.82) is 0 Å². The zero-order chi connectivity index (χ0) is 15.5. The van der Waals surface area contributed by atoms with Crippen molar-refractivity contribution in [2.24, 2.45) is 0 Å². The van der Waals surface area contributed by atoms with Crippen LogP contribution < -0.4 is 4.72 Å². The highest BCUT2D eigenvalue weighted by Gasteiger charge is 2.15. The van der Waals surface area contributed by atoms with Gasteiger partial charge in [-0.05, 0) is 37.1 Å². The van der Waals surface area contributed by atoms with E-state index in [1.54, 1.807) is 12.1 Å². The van der Waals surface area contributed by atoms with E-state index in [1.165, 1.54) is 19.1 Å². The Labute approximate surface area is 124 Å². The molecule has 0 aliphatic rings. The number of nitrogens with one attached hydrogen (secondary N) is 1. The molecule has 0 heterocycles. The lowest BCUT2D eigenvalue weighted by Gasteiger charge is -2.09. The van der Waals surface area contributed by atoms with Crippen molar-refractivity contribution in [1.82, 2.24) is 4.72 Å². The van der Waals surface area contributed by atoms with Crippen molar-refractivity contribution in [2.45, 2.75) is 25.3 Å². The number of carbonyl (C=O) groups excluding carboxylic acids is 1. The Morgan fingerprint density at radius 2 is 1.81 bits per heavy atom. The number of ketones is 1. The van der Waals surface area contributed by atoms with Gasteiger partial charge in [-0.25, -0.2) is 13.1 Å². The van der Waals surface area contributed by atoms with Crippen LogP contribution in [-0.4, -0.2) is 14.2 Å². The van der Waals surface area contributed by atoms with Gasteiger partial charge in [-0.15, -0.1) is 0 Å². The van der Waals surface area contributed by atoms with E-state index in [0.717, 1.165) is 11.1 Å². The molecule has 0 unspecified atom stereocenters. The Bertz CT molecular complexity index is 767. The third kappa shape index (κ3) is 3.77. The highest BCUT2D eigenvalue weighted by atomic mass is 32.2. The molecule has 5 heteroatoms. The van der Waals surface area contributed by atoms with Crippen LogP contribution in [0.2, 0.25) is 0 Å². The average Bonchev–Trinajstić information content (AvgIpc) is 2.46. The second-order valence-electron chi connectivity index (χ2n) is 4.84. The second kappa shape index (κ2) is 6.20. The number of Topliss-reactive ketones (excluding diaryl/α,β-unsaturated/α-hetero) is 1. The predicted molar refractivity (Wildman–Crippen MR) is 81.7 cm³/mol. The highest BCUT2D eigenvalue weighted by Crippen LogP contribution is 2.13. The molecule has 0 bridgehead atoms. The van der Waals surface area contributed by atoms with Crippen molar-refractivity contribution in [3.05, 3.63) is 65.2 Å². The molecule has 0 aromatic heterocycles. The normalized spacial score (nSPS) is 11.3. The number of sulfonamides is 1. The molecule has 2 aromatic carbocycles. The lowest BCUT2D eigenvalue weighted by atomic mass is 10.1. The molecular formula is C16H17NO3S. The van der Waals surface area contributed by atoms with E-state index in [2.05, 4.69) is 4.72 Å². The topological polar surface area (TPSA) is 63.2 Å². The van der Waals surface area contributed by atoms with E-state index >= 15 is 0 Å². The summed E-state index contributed by atoms with van der Waals surface area (Å²) in [7, 11) is -3.63. The molecule has 0 saturated carbocycles. The molecule has 0 radical (unpaired) electrons. The van der Waals surface area contributed by atoms with Gasteiger partial charge < -0.3 is 0 Å².